The third-order valence-electron chi connectivity index (χ3n) is 4.01. The topological polar surface area (TPSA) is 44.0 Å². The normalized spacial score (nSPS) is 11.6. The van der Waals surface area contributed by atoms with E-state index < -0.39 is 0 Å². The molecule has 0 aliphatic heterocycles. The average molecular weight is 331 g/mol. The molecule has 0 heterocycles. The molecule has 0 spiro atoms. The van der Waals surface area contributed by atoms with E-state index in [-0.39, 0.29) is 11.7 Å². The van der Waals surface area contributed by atoms with Crippen LogP contribution in [0.2, 0.25) is 0 Å². The summed E-state index contributed by atoms with van der Waals surface area (Å²) >= 11 is 1.25. The lowest BCUT2D eigenvalue weighted by Gasteiger charge is -2.17. The van der Waals surface area contributed by atoms with E-state index in [1.54, 1.807) is 12.1 Å². The minimum atomic E-state index is 0.110. The molecule has 3 rings (SSSR count). The van der Waals surface area contributed by atoms with Crippen molar-refractivity contribution in [3.8, 4) is 22.3 Å². The van der Waals surface area contributed by atoms with Crippen molar-refractivity contribution >= 4 is 11.8 Å². The fourth-order valence-corrected chi connectivity index (χ4v) is 3.40. The molecule has 0 radical (unpaired) electrons. The van der Waals surface area contributed by atoms with E-state index in [1.165, 1.54) is 28.5 Å². The van der Waals surface area contributed by atoms with Gasteiger partial charge >= 0.3 is 0 Å². The summed E-state index contributed by atoms with van der Waals surface area (Å²) in [5.41, 5.74) is 4.61. The second-order valence-corrected chi connectivity index (χ2v) is 6.34. The van der Waals surface area contributed by atoms with Crippen molar-refractivity contribution in [3.05, 3.63) is 90.0 Å². The van der Waals surface area contributed by atoms with Crippen LogP contribution < -0.4 is 0 Å². The third kappa shape index (κ3) is 3.79. The Bertz CT molecular complexity index is 838. The number of hydrogen-bond donors (Lipinski definition) is 1. The quantitative estimate of drug-likeness (QED) is 0.636. The largest absolute Gasteiger partial charge is 0.508 e. The minimum absolute atomic E-state index is 0.110. The van der Waals surface area contributed by atoms with Crippen molar-refractivity contribution in [1.29, 1.82) is 5.26 Å². The summed E-state index contributed by atoms with van der Waals surface area (Å²) in [7, 11) is 0. The Balaban J connectivity index is 1.99. The molecule has 3 heteroatoms. The van der Waals surface area contributed by atoms with E-state index in [2.05, 4.69) is 41.8 Å². The molecule has 3 aromatic carbocycles. The molecular formula is C21H17NOS. The van der Waals surface area contributed by atoms with Gasteiger partial charge < -0.3 is 5.11 Å². The van der Waals surface area contributed by atoms with Crippen molar-refractivity contribution in [2.75, 3.05) is 5.75 Å². The van der Waals surface area contributed by atoms with E-state index in [0.29, 0.717) is 5.75 Å². The summed E-state index contributed by atoms with van der Waals surface area (Å²) < 4.78 is 0. The summed E-state index contributed by atoms with van der Waals surface area (Å²) in [6.07, 6.45) is 0. The zero-order valence-electron chi connectivity index (χ0n) is 13.1. The van der Waals surface area contributed by atoms with Crippen LogP contribution in [0, 0.1) is 10.7 Å². The third-order valence-corrected chi connectivity index (χ3v) is 4.64. The van der Waals surface area contributed by atoms with Crippen LogP contribution in [-0.4, -0.2) is 10.9 Å². The molecular weight excluding hydrogens is 314 g/mol. The van der Waals surface area contributed by atoms with E-state index >= 15 is 0 Å². The van der Waals surface area contributed by atoms with Gasteiger partial charge in [0.1, 0.15) is 11.2 Å². The van der Waals surface area contributed by atoms with Gasteiger partial charge in [-0.2, -0.15) is 5.26 Å². The van der Waals surface area contributed by atoms with Crippen molar-refractivity contribution in [3.63, 3.8) is 0 Å². The zero-order chi connectivity index (χ0) is 16.8. The van der Waals surface area contributed by atoms with Gasteiger partial charge in [-0.15, -0.1) is 0 Å². The Morgan fingerprint density at radius 2 is 1.54 bits per heavy atom. The van der Waals surface area contributed by atoms with Gasteiger partial charge in [-0.3, -0.25) is 0 Å². The first-order valence-corrected chi connectivity index (χ1v) is 8.71. The van der Waals surface area contributed by atoms with Gasteiger partial charge in [-0.25, -0.2) is 0 Å². The molecule has 0 aliphatic rings. The monoisotopic (exact) mass is 331 g/mol. The fraction of sp³-hybridized carbons (Fsp3) is 0.0952. The minimum Gasteiger partial charge on any atom is -0.508 e. The number of aromatic hydroxyl groups is 1. The summed E-state index contributed by atoms with van der Waals surface area (Å²) in [5, 5.41) is 20.6. The van der Waals surface area contributed by atoms with Crippen LogP contribution in [0.15, 0.2) is 78.9 Å². The maximum absolute atomic E-state index is 9.52. The highest BCUT2D eigenvalue weighted by Crippen LogP contribution is 2.31. The molecule has 118 valence electrons. The average Bonchev–Trinajstić information content (AvgIpc) is 2.64. The van der Waals surface area contributed by atoms with Gasteiger partial charge in [0.25, 0.3) is 0 Å². The Hall–Kier alpha value is -2.70. The summed E-state index contributed by atoms with van der Waals surface area (Å²) in [5.74, 6) is 1.04. The van der Waals surface area contributed by atoms with Gasteiger partial charge in [-0.05, 0) is 46.1 Å². The van der Waals surface area contributed by atoms with Crippen LogP contribution in [0.4, 0.5) is 0 Å². The molecule has 0 aromatic heterocycles. The lowest BCUT2D eigenvalue weighted by atomic mass is 9.90. The van der Waals surface area contributed by atoms with Crippen LogP contribution in [0.1, 0.15) is 17.0 Å². The molecule has 3 aromatic rings. The molecule has 2 nitrogen and oxygen atoms in total. The Morgan fingerprint density at radius 3 is 2.25 bits per heavy atom. The Labute approximate surface area is 146 Å². The van der Waals surface area contributed by atoms with Crippen LogP contribution in [0.3, 0.4) is 0 Å². The number of thiocyanates is 1. The first kappa shape index (κ1) is 16.2. The number of rotatable bonds is 5. The summed E-state index contributed by atoms with van der Waals surface area (Å²) in [6.45, 7) is 0. The summed E-state index contributed by atoms with van der Waals surface area (Å²) in [4.78, 5) is 0. The van der Waals surface area contributed by atoms with Crippen LogP contribution in [-0.2, 0) is 0 Å². The van der Waals surface area contributed by atoms with Crippen molar-refractivity contribution < 1.29 is 5.11 Å². The molecule has 1 N–H and O–H groups in total. The predicted molar refractivity (Wildman–Crippen MR) is 99.9 cm³/mol. The molecule has 0 saturated carbocycles. The Morgan fingerprint density at radius 1 is 0.833 bits per heavy atom. The highest BCUT2D eigenvalue weighted by atomic mass is 32.2. The number of hydrogen-bond acceptors (Lipinski definition) is 3. The molecule has 0 saturated heterocycles. The number of nitriles is 1. The number of thioether (sulfide) groups is 1. The predicted octanol–water partition coefficient (Wildman–Crippen LogP) is 5.41. The molecule has 1 unspecified atom stereocenters. The smallest absolute Gasteiger partial charge is 0.133 e. The fourth-order valence-electron chi connectivity index (χ4n) is 2.78. The van der Waals surface area contributed by atoms with E-state index in [1.807, 2.05) is 30.3 Å². The van der Waals surface area contributed by atoms with Crippen molar-refractivity contribution in [2.45, 2.75) is 5.92 Å². The zero-order valence-corrected chi connectivity index (χ0v) is 13.9. The lowest BCUT2D eigenvalue weighted by molar-refractivity contribution is 0.475. The van der Waals surface area contributed by atoms with E-state index in [9.17, 15) is 5.11 Å². The van der Waals surface area contributed by atoms with Gasteiger partial charge in [-0.1, -0.05) is 66.7 Å². The van der Waals surface area contributed by atoms with Crippen LogP contribution in [0.25, 0.3) is 11.1 Å². The molecule has 0 fully saturated rings. The maximum atomic E-state index is 9.52. The molecule has 0 bridgehead atoms. The highest BCUT2D eigenvalue weighted by Gasteiger charge is 2.15. The van der Waals surface area contributed by atoms with Crippen molar-refractivity contribution in [2.24, 2.45) is 0 Å². The first-order valence-electron chi connectivity index (χ1n) is 7.73. The summed E-state index contributed by atoms with van der Waals surface area (Å²) in [6, 6.07) is 25.9. The number of nitrogens with zero attached hydrogens (tertiary/aromatic N) is 1. The molecule has 24 heavy (non-hydrogen) atoms. The maximum Gasteiger partial charge on any atom is 0.133 e. The van der Waals surface area contributed by atoms with Gasteiger partial charge in [0, 0.05) is 11.7 Å². The van der Waals surface area contributed by atoms with Gasteiger partial charge in [0.05, 0.1) is 0 Å². The molecule has 0 amide bonds. The van der Waals surface area contributed by atoms with E-state index in [4.69, 9.17) is 5.26 Å². The number of phenolic OH excluding ortho intramolecular Hbond substituents is 1. The van der Waals surface area contributed by atoms with Gasteiger partial charge in [0.2, 0.25) is 0 Å². The standard InChI is InChI=1S/C21H17NOS/c22-15-24-14-21(17-9-11-20(23)12-10-17)19-8-4-7-18(13-19)16-5-2-1-3-6-16/h1-13,21,23H,14H2. The highest BCUT2D eigenvalue weighted by molar-refractivity contribution is 8.03. The molecule has 1 atom stereocenters. The molecule has 0 aliphatic carbocycles. The first-order chi connectivity index (χ1) is 11.8. The SMILES string of the molecule is N#CSCC(c1ccc(O)cc1)c1cccc(-c2ccccc2)c1. The number of benzene rings is 3. The number of phenols is 1. The van der Waals surface area contributed by atoms with Crippen LogP contribution >= 0.6 is 11.8 Å². The van der Waals surface area contributed by atoms with Crippen molar-refractivity contribution in [1.82, 2.24) is 0 Å². The second kappa shape index (κ2) is 7.72. The second-order valence-electron chi connectivity index (χ2n) is 5.54. The van der Waals surface area contributed by atoms with Gasteiger partial charge in [0.15, 0.2) is 0 Å². The Kier molecular flexibility index (Phi) is 5.20. The van der Waals surface area contributed by atoms with E-state index in [0.717, 1.165) is 5.56 Å². The lowest BCUT2D eigenvalue weighted by Crippen LogP contribution is -2.04. The van der Waals surface area contributed by atoms with Crippen LogP contribution in [0.5, 0.6) is 5.75 Å².